The van der Waals surface area contributed by atoms with Crippen molar-refractivity contribution in [2.75, 3.05) is 26.5 Å². The van der Waals surface area contributed by atoms with Crippen LogP contribution < -0.4 is 0 Å². The highest BCUT2D eigenvalue weighted by atomic mass is 32.2. The van der Waals surface area contributed by atoms with Gasteiger partial charge >= 0.3 is 5.97 Å². The van der Waals surface area contributed by atoms with E-state index in [4.69, 9.17) is 4.74 Å². The Kier molecular flexibility index (Phi) is 5.07. The first-order valence-electron chi connectivity index (χ1n) is 7.42. The van der Waals surface area contributed by atoms with E-state index in [2.05, 4.69) is 4.90 Å². The van der Waals surface area contributed by atoms with Crippen LogP contribution in [0.5, 0.6) is 0 Å². The summed E-state index contributed by atoms with van der Waals surface area (Å²) in [6.45, 7) is 1.68. The van der Waals surface area contributed by atoms with Crippen molar-refractivity contribution >= 4 is 15.8 Å². The van der Waals surface area contributed by atoms with Crippen molar-refractivity contribution in [1.29, 1.82) is 0 Å². The number of ether oxygens (including phenoxy) is 1. The molecule has 0 radical (unpaired) electrons. The summed E-state index contributed by atoms with van der Waals surface area (Å²) in [6, 6.07) is 0.302. The Morgan fingerprint density at radius 2 is 1.95 bits per heavy atom. The van der Waals surface area contributed by atoms with Gasteiger partial charge in [-0.2, -0.15) is 0 Å². The highest BCUT2D eigenvalue weighted by molar-refractivity contribution is 7.91. The van der Waals surface area contributed by atoms with E-state index in [-0.39, 0.29) is 17.1 Å². The lowest BCUT2D eigenvalue weighted by atomic mass is 9.90. The second-order valence-corrected chi connectivity index (χ2v) is 8.45. The zero-order valence-electron chi connectivity index (χ0n) is 12.4. The van der Waals surface area contributed by atoms with Gasteiger partial charge in [-0.15, -0.1) is 0 Å². The predicted molar refractivity (Wildman–Crippen MR) is 77.2 cm³/mol. The molecule has 0 amide bonds. The smallest absolute Gasteiger partial charge is 0.309 e. The molecule has 2 rings (SSSR count). The number of hydrogen-bond donors (Lipinski definition) is 0. The minimum absolute atomic E-state index is 0.0487. The number of likely N-dealkylation sites (tertiary alicyclic amines) is 1. The van der Waals surface area contributed by atoms with Gasteiger partial charge in [0.1, 0.15) is 9.84 Å². The molecule has 0 aromatic carbocycles. The van der Waals surface area contributed by atoms with Gasteiger partial charge in [0, 0.05) is 18.8 Å². The average molecular weight is 303 g/mol. The molecule has 0 aromatic heterocycles. The quantitative estimate of drug-likeness (QED) is 0.734. The molecule has 2 aliphatic rings. The van der Waals surface area contributed by atoms with Crippen LogP contribution in [0.1, 0.15) is 38.5 Å². The molecule has 1 aliphatic carbocycles. The second kappa shape index (κ2) is 6.43. The SMILES string of the molecule is COC(=O)[C@H]1CCCN(C2CCCC(S(C)(=O)=O)C2)C1. The summed E-state index contributed by atoms with van der Waals surface area (Å²) >= 11 is 0. The van der Waals surface area contributed by atoms with E-state index >= 15 is 0 Å². The van der Waals surface area contributed by atoms with Crippen LogP contribution in [0.3, 0.4) is 0 Å². The fourth-order valence-electron chi connectivity index (χ4n) is 3.54. The summed E-state index contributed by atoms with van der Waals surface area (Å²) in [6.07, 6.45) is 6.71. The minimum atomic E-state index is -2.95. The predicted octanol–water partition coefficient (Wildman–Crippen LogP) is 1.23. The van der Waals surface area contributed by atoms with E-state index in [0.717, 1.165) is 38.6 Å². The van der Waals surface area contributed by atoms with Gasteiger partial charge in [0.05, 0.1) is 18.3 Å². The third kappa shape index (κ3) is 3.73. The van der Waals surface area contributed by atoms with Gasteiger partial charge in [0.15, 0.2) is 0 Å². The first-order valence-corrected chi connectivity index (χ1v) is 9.38. The lowest BCUT2D eigenvalue weighted by molar-refractivity contribution is -0.147. The molecule has 6 heteroatoms. The summed E-state index contributed by atoms with van der Waals surface area (Å²) in [5, 5.41) is -0.209. The topological polar surface area (TPSA) is 63.7 Å². The highest BCUT2D eigenvalue weighted by Crippen LogP contribution is 2.30. The van der Waals surface area contributed by atoms with Crippen molar-refractivity contribution in [3.63, 3.8) is 0 Å². The van der Waals surface area contributed by atoms with Crippen LogP contribution in [0.15, 0.2) is 0 Å². The minimum Gasteiger partial charge on any atom is -0.469 e. The number of esters is 1. The molecular formula is C14H25NO4S. The molecule has 1 saturated heterocycles. The fourth-order valence-corrected chi connectivity index (χ4v) is 4.70. The summed E-state index contributed by atoms with van der Waals surface area (Å²) in [5.41, 5.74) is 0. The molecule has 3 atom stereocenters. The van der Waals surface area contributed by atoms with Gasteiger partial charge in [-0.05, 0) is 38.6 Å². The number of piperidine rings is 1. The van der Waals surface area contributed by atoms with Crippen LogP contribution in [-0.2, 0) is 19.4 Å². The zero-order valence-corrected chi connectivity index (χ0v) is 13.2. The normalized spacial score (nSPS) is 32.8. The molecule has 0 aromatic rings. The van der Waals surface area contributed by atoms with Crippen molar-refractivity contribution < 1.29 is 17.9 Å². The average Bonchev–Trinajstić information content (AvgIpc) is 2.46. The molecule has 1 saturated carbocycles. The van der Waals surface area contributed by atoms with Crippen molar-refractivity contribution in [2.45, 2.75) is 49.8 Å². The molecule has 2 unspecified atom stereocenters. The lowest BCUT2D eigenvalue weighted by Crippen LogP contribution is -2.48. The molecule has 1 heterocycles. The Labute approximate surface area is 121 Å². The highest BCUT2D eigenvalue weighted by Gasteiger charge is 2.35. The van der Waals surface area contributed by atoms with E-state index in [1.807, 2.05) is 0 Å². The maximum atomic E-state index is 11.7. The molecule has 2 fully saturated rings. The van der Waals surface area contributed by atoms with Crippen LogP contribution in [-0.4, -0.2) is 57.0 Å². The van der Waals surface area contributed by atoms with Gasteiger partial charge in [0.2, 0.25) is 0 Å². The first-order chi connectivity index (χ1) is 9.41. The maximum Gasteiger partial charge on any atom is 0.309 e. The number of sulfone groups is 1. The summed E-state index contributed by atoms with van der Waals surface area (Å²) in [7, 11) is -1.52. The van der Waals surface area contributed by atoms with Gasteiger partial charge in [0.25, 0.3) is 0 Å². The second-order valence-electron chi connectivity index (χ2n) is 6.13. The lowest BCUT2D eigenvalue weighted by Gasteiger charge is -2.40. The molecule has 0 spiro atoms. The number of rotatable bonds is 3. The Bertz CT molecular complexity index is 448. The summed E-state index contributed by atoms with van der Waals surface area (Å²) in [4.78, 5) is 14.0. The van der Waals surface area contributed by atoms with E-state index in [1.165, 1.54) is 13.4 Å². The van der Waals surface area contributed by atoms with Crippen molar-refractivity contribution in [1.82, 2.24) is 4.90 Å². The maximum absolute atomic E-state index is 11.7. The van der Waals surface area contributed by atoms with Crippen LogP contribution >= 0.6 is 0 Å². The Morgan fingerprint density at radius 3 is 2.60 bits per heavy atom. The largest absolute Gasteiger partial charge is 0.469 e. The molecular weight excluding hydrogens is 278 g/mol. The number of carbonyl (C=O) groups excluding carboxylic acids is 1. The van der Waals surface area contributed by atoms with E-state index in [9.17, 15) is 13.2 Å². The van der Waals surface area contributed by atoms with Gasteiger partial charge in [-0.25, -0.2) is 8.42 Å². The number of methoxy groups -OCH3 is 1. The third-order valence-corrected chi connectivity index (χ3v) is 6.35. The molecule has 5 nitrogen and oxygen atoms in total. The van der Waals surface area contributed by atoms with E-state index in [1.54, 1.807) is 0 Å². The van der Waals surface area contributed by atoms with Crippen molar-refractivity contribution in [2.24, 2.45) is 5.92 Å². The fraction of sp³-hybridized carbons (Fsp3) is 0.929. The molecule has 0 bridgehead atoms. The Morgan fingerprint density at radius 1 is 1.20 bits per heavy atom. The number of nitrogens with zero attached hydrogens (tertiary/aromatic N) is 1. The zero-order chi connectivity index (χ0) is 14.8. The molecule has 1 aliphatic heterocycles. The molecule has 0 N–H and O–H groups in total. The first kappa shape index (κ1) is 15.8. The summed E-state index contributed by atoms with van der Waals surface area (Å²) in [5.74, 6) is -0.183. The van der Waals surface area contributed by atoms with Crippen LogP contribution in [0.2, 0.25) is 0 Å². The monoisotopic (exact) mass is 303 g/mol. The van der Waals surface area contributed by atoms with Gasteiger partial charge in [-0.3, -0.25) is 9.69 Å². The van der Waals surface area contributed by atoms with Gasteiger partial charge < -0.3 is 4.74 Å². The molecule has 20 heavy (non-hydrogen) atoms. The molecule has 116 valence electrons. The van der Waals surface area contributed by atoms with Crippen LogP contribution in [0, 0.1) is 5.92 Å². The van der Waals surface area contributed by atoms with Crippen molar-refractivity contribution in [3.05, 3.63) is 0 Å². The van der Waals surface area contributed by atoms with Gasteiger partial charge in [-0.1, -0.05) is 6.42 Å². The van der Waals surface area contributed by atoms with Crippen molar-refractivity contribution in [3.8, 4) is 0 Å². The standard InChI is InChI=1S/C14H25NO4S/c1-19-14(16)11-5-4-8-15(10-11)12-6-3-7-13(9-12)20(2,17)18/h11-13H,3-10H2,1-2H3/t11-,12?,13?/m0/s1. The van der Waals surface area contributed by atoms with E-state index in [0.29, 0.717) is 19.0 Å². The Balaban J connectivity index is 1.98. The number of hydrogen-bond acceptors (Lipinski definition) is 5. The summed E-state index contributed by atoms with van der Waals surface area (Å²) < 4.78 is 28.3. The van der Waals surface area contributed by atoms with Crippen LogP contribution in [0.4, 0.5) is 0 Å². The van der Waals surface area contributed by atoms with E-state index < -0.39 is 9.84 Å². The number of carbonyl (C=O) groups is 1. The Hall–Kier alpha value is -0.620. The van der Waals surface area contributed by atoms with Crippen LogP contribution in [0.25, 0.3) is 0 Å². The third-order valence-electron chi connectivity index (χ3n) is 4.71.